The highest BCUT2D eigenvalue weighted by Gasteiger charge is 2.47. The van der Waals surface area contributed by atoms with Crippen molar-refractivity contribution in [1.29, 1.82) is 0 Å². The van der Waals surface area contributed by atoms with Gasteiger partial charge < -0.3 is 15.2 Å². The minimum absolute atomic E-state index is 0.00680. The molecule has 0 bridgehead atoms. The van der Waals surface area contributed by atoms with E-state index in [9.17, 15) is 18.0 Å². The maximum Gasteiger partial charge on any atom is 0.410 e. The highest BCUT2D eigenvalue weighted by molar-refractivity contribution is 6.36. The van der Waals surface area contributed by atoms with Gasteiger partial charge in [0, 0.05) is 31.9 Å². The lowest BCUT2D eigenvalue weighted by Gasteiger charge is -2.33. The smallest absolute Gasteiger partial charge is 0.362 e. The maximum atomic E-state index is 13.8. The summed E-state index contributed by atoms with van der Waals surface area (Å²) in [5, 5.41) is 9.50. The summed E-state index contributed by atoms with van der Waals surface area (Å²) in [6.45, 7) is 0.961. The Morgan fingerprint density at radius 3 is 2.74 bits per heavy atom. The SMILES string of the molecule is O=C(NCCCn1ccnc1)c1nn2c(c1Cl)N[C@@H](c1ccccc1)C[C@@H]2C(F)(F)F. The second-order valence-electron chi connectivity index (χ2n) is 7.27. The van der Waals surface area contributed by atoms with Crippen LogP contribution in [-0.4, -0.2) is 38.0 Å². The molecule has 1 aromatic carbocycles. The molecule has 11 heteroatoms. The third-order valence-corrected chi connectivity index (χ3v) is 5.51. The van der Waals surface area contributed by atoms with Gasteiger partial charge in [-0.3, -0.25) is 4.79 Å². The van der Waals surface area contributed by atoms with Crippen molar-refractivity contribution >= 4 is 23.3 Å². The Kier molecular flexibility index (Phi) is 5.90. The summed E-state index contributed by atoms with van der Waals surface area (Å²) in [6.07, 6.45) is 0.929. The first-order chi connectivity index (χ1) is 14.8. The molecule has 0 unspecified atom stereocenters. The van der Waals surface area contributed by atoms with Gasteiger partial charge in [0.05, 0.1) is 12.4 Å². The van der Waals surface area contributed by atoms with Crippen LogP contribution in [0.3, 0.4) is 0 Å². The molecular formula is C20H20ClF3N6O. The summed E-state index contributed by atoms with van der Waals surface area (Å²) in [4.78, 5) is 16.5. The second kappa shape index (κ2) is 8.62. The average molecular weight is 453 g/mol. The predicted molar refractivity (Wildman–Crippen MR) is 109 cm³/mol. The van der Waals surface area contributed by atoms with Crippen LogP contribution in [0.25, 0.3) is 0 Å². The van der Waals surface area contributed by atoms with Crippen molar-refractivity contribution in [3.63, 3.8) is 0 Å². The molecule has 3 aromatic rings. The van der Waals surface area contributed by atoms with Crippen LogP contribution in [0.15, 0.2) is 49.1 Å². The van der Waals surface area contributed by atoms with Crippen molar-refractivity contribution in [2.75, 3.05) is 11.9 Å². The lowest BCUT2D eigenvalue weighted by molar-refractivity contribution is -0.173. The summed E-state index contributed by atoms with van der Waals surface area (Å²) >= 11 is 6.31. The number of hydrogen-bond acceptors (Lipinski definition) is 4. The van der Waals surface area contributed by atoms with Crippen LogP contribution < -0.4 is 10.6 Å². The number of amides is 1. The van der Waals surface area contributed by atoms with Gasteiger partial charge >= 0.3 is 6.18 Å². The van der Waals surface area contributed by atoms with Gasteiger partial charge in [-0.2, -0.15) is 18.3 Å². The van der Waals surface area contributed by atoms with Gasteiger partial charge in [0.15, 0.2) is 11.7 Å². The number of nitrogens with one attached hydrogen (secondary N) is 2. The Hall–Kier alpha value is -3.01. The first kappa shape index (κ1) is 21.2. The molecule has 1 aliphatic heterocycles. The number of alkyl halides is 3. The van der Waals surface area contributed by atoms with Crippen LogP contribution in [0, 0.1) is 0 Å². The number of nitrogens with zero attached hydrogens (tertiary/aromatic N) is 4. The summed E-state index contributed by atoms with van der Waals surface area (Å²) in [5.41, 5.74) is 0.473. The molecular weight excluding hydrogens is 433 g/mol. The number of imidazole rings is 1. The molecule has 0 spiro atoms. The van der Waals surface area contributed by atoms with E-state index in [1.807, 2.05) is 4.57 Å². The molecule has 0 saturated carbocycles. The van der Waals surface area contributed by atoms with Crippen molar-refractivity contribution in [2.24, 2.45) is 0 Å². The first-order valence-corrected chi connectivity index (χ1v) is 10.1. The third-order valence-electron chi connectivity index (χ3n) is 5.15. The Bertz CT molecular complexity index is 1040. The minimum Gasteiger partial charge on any atom is -0.362 e. The van der Waals surface area contributed by atoms with E-state index in [0.29, 0.717) is 25.1 Å². The van der Waals surface area contributed by atoms with Gasteiger partial charge in [0.2, 0.25) is 0 Å². The number of rotatable bonds is 6. The highest BCUT2D eigenvalue weighted by Crippen LogP contribution is 2.46. The van der Waals surface area contributed by atoms with E-state index in [1.54, 1.807) is 49.1 Å². The number of halogens is 4. The predicted octanol–water partition coefficient (Wildman–Crippen LogP) is 4.21. The molecule has 2 atom stereocenters. The molecule has 7 nitrogen and oxygen atoms in total. The summed E-state index contributed by atoms with van der Waals surface area (Å²) < 4.78 is 44.0. The number of aromatic nitrogens is 4. The normalized spacial score (nSPS) is 18.3. The molecule has 4 rings (SSSR count). The number of fused-ring (bicyclic) bond motifs is 1. The summed E-state index contributed by atoms with van der Waals surface area (Å²) in [5.74, 6) is -0.621. The number of carbonyl (C=O) groups excluding carboxylic acids is 1. The van der Waals surface area contributed by atoms with E-state index in [1.165, 1.54) is 0 Å². The fourth-order valence-electron chi connectivity index (χ4n) is 3.60. The molecule has 0 fully saturated rings. The van der Waals surface area contributed by atoms with Crippen LogP contribution in [-0.2, 0) is 6.54 Å². The molecule has 2 N–H and O–H groups in total. The fourth-order valence-corrected chi connectivity index (χ4v) is 3.87. The number of anilines is 1. The number of hydrogen-bond donors (Lipinski definition) is 2. The zero-order valence-electron chi connectivity index (χ0n) is 16.3. The standard InChI is InChI=1S/C20H20ClF3N6O/c21-16-17(19(31)26-7-4-9-29-10-8-25-12-29)28-30-15(20(22,23)24)11-14(27-18(16)30)13-5-2-1-3-6-13/h1-3,5-6,8,10,12,14-15,27H,4,7,9,11H2,(H,26,31)/t14-,15-/m1/s1. The van der Waals surface area contributed by atoms with Gasteiger partial charge in [0.25, 0.3) is 5.91 Å². The fraction of sp³-hybridized carbons (Fsp3) is 0.350. The van der Waals surface area contributed by atoms with Crippen LogP contribution in [0.2, 0.25) is 5.02 Å². The molecule has 2 aromatic heterocycles. The van der Waals surface area contributed by atoms with Crippen molar-refractivity contribution in [1.82, 2.24) is 24.6 Å². The molecule has 164 valence electrons. The Labute approximate surface area is 181 Å². The van der Waals surface area contributed by atoms with E-state index < -0.39 is 24.2 Å². The number of aryl methyl sites for hydroxylation is 1. The van der Waals surface area contributed by atoms with Gasteiger partial charge in [-0.05, 0) is 12.0 Å². The summed E-state index contributed by atoms with van der Waals surface area (Å²) in [6, 6.07) is 6.30. The van der Waals surface area contributed by atoms with Crippen molar-refractivity contribution in [3.05, 3.63) is 65.3 Å². The lowest BCUT2D eigenvalue weighted by Crippen LogP contribution is -2.36. The van der Waals surface area contributed by atoms with Crippen LogP contribution in [0.4, 0.5) is 19.0 Å². The second-order valence-corrected chi connectivity index (χ2v) is 7.64. The maximum absolute atomic E-state index is 13.8. The van der Waals surface area contributed by atoms with E-state index in [2.05, 4.69) is 20.7 Å². The molecule has 0 aliphatic carbocycles. The molecule has 1 aliphatic rings. The van der Waals surface area contributed by atoms with E-state index in [4.69, 9.17) is 11.6 Å². The Morgan fingerprint density at radius 2 is 2.06 bits per heavy atom. The molecule has 0 radical (unpaired) electrons. The van der Waals surface area contributed by atoms with Crippen LogP contribution in [0.1, 0.15) is 41.0 Å². The van der Waals surface area contributed by atoms with Gasteiger partial charge in [-0.25, -0.2) is 9.67 Å². The zero-order valence-corrected chi connectivity index (χ0v) is 17.1. The minimum atomic E-state index is -4.54. The third kappa shape index (κ3) is 4.53. The monoisotopic (exact) mass is 452 g/mol. The summed E-state index contributed by atoms with van der Waals surface area (Å²) in [7, 11) is 0. The largest absolute Gasteiger partial charge is 0.410 e. The van der Waals surface area contributed by atoms with E-state index >= 15 is 0 Å². The number of carbonyl (C=O) groups is 1. The zero-order chi connectivity index (χ0) is 22.0. The Morgan fingerprint density at radius 1 is 1.29 bits per heavy atom. The van der Waals surface area contributed by atoms with Crippen molar-refractivity contribution in [3.8, 4) is 0 Å². The molecule has 31 heavy (non-hydrogen) atoms. The Balaban J connectivity index is 1.53. The molecule has 1 amide bonds. The van der Waals surface area contributed by atoms with E-state index in [-0.39, 0.29) is 23.0 Å². The van der Waals surface area contributed by atoms with Gasteiger partial charge in [-0.15, -0.1) is 0 Å². The van der Waals surface area contributed by atoms with Crippen molar-refractivity contribution < 1.29 is 18.0 Å². The van der Waals surface area contributed by atoms with Gasteiger partial charge in [0.1, 0.15) is 10.8 Å². The van der Waals surface area contributed by atoms with Gasteiger partial charge in [-0.1, -0.05) is 41.9 Å². The quantitative estimate of drug-likeness (QED) is 0.549. The average Bonchev–Trinajstić information content (AvgIpc) is 3.38. The topological polar surface area (TPSA) is 76.8 Å². The van der Waals surface area contributed by atoms with Crippen LogP contribution >= 0.6 is 11.6 Å². The lowest BCUT2D eigenvalue weighted by atomic mass is 9.97. The first-order valence-electron chi connectivity index (χ1n) is 9.74. The number of benzene rings is 1. The molecule has 3 heterocycles. The van der Waals surface area contributed by atoms with Crippen molar-refractivity contribution in [2.45, 2.75) is 37.6 Å². The molecule has 0 saturated heterocycles. The van der Waals surface area contributed by atoms with E-state index in [0.717, 1.165) is 4.68 Å². The van der Waals surface area contributed by atoms with Crippen LogP contribution in [0.5, 0.6) is 0 Å². The highest BCUT2D eigenvalue weighted by atomic mass is 35.5.